The first-order chi connectivity index (χ1) is 15.8. The van der Waals surface area contributed by atoms with Gasteiger partial charge in [-0.25, -0.2) is 4.79 Å². The third-order valence-electron chi connectivity index (χ3n) is 4.98. The first-order valence-corrected chi connectivity index (χ1v) is 11.4. The Morgan fingerprint density at radius 1 is 0.912 bits per heavy atom. The van der Waals surface area contributed by atoms with Crippen LogP contribution in [0, 0.1) is 5.41 Å². The molecular weight excluding hydrogens is 430 g/mol. The molecular formula is C27H37N3O4. The maximum absolute atomic E-state index is 13.4. The third kappa shape index (κ3) is 8.54. The summed E-state index contributed by atoms with van der Waals surface area (Å²) >= 11 is 0. The fraction of sp³-hybridized carbons (Fsp3) is 0.444. The molecule has 7 nitrogen and oxygen atoms in total. The van der Waals surface area contributed by atoms with E-state index in [2.05, 4.69) is 10.6 Å². The molecule has 184 valence electrons. The highest BCUT2D eigenvalue weighted by atomic mass is 16.6. The monoisotopic (exact) mass is 467 g/mol. The normalized spacial score (nSPS) is 12.4. The Balaban J connectivity index is 2.21. The summed E-state index contributed by atoms with van der Waals surface area (Å²) in [6, 6.07) is 15.6. The number of ether oxygens (including phenoxy) is 1. The third-order valence-corrected chi connectivity index (χ3v) is 4.98. The molecule has 1 unspecified atom stereocenters. The Bertz CT molecular complexity index is 991. The highest BCUT2D eigenvalue weighted by Gasteiger charge is 2.34. The number of hydrogen-bond acceptors (Lipinski definition) is 4. The van der Waals surface area contributed by atoms with Crippen LogP contribution in [-0.4, -0.2) is 41.5 Å². The number of para-hydroxylation sites is 1. The van der Waals surface area contributed by atoms with Gasteiger partial charge in [-0.2, -0.15) is 0 Å². The number of amides is 3. The Labute approximate surface area is 202 Å². The Kier molecular flexibility index (Phi) is 8.85. The lowest BCUT2D eigenvalue weighted by atomic mass is 9.87. The zero-order valence-corrected chi connectivity index (χ0v) is 21.3. The number of benzene rings is 2. The molecule has 0 fully saturated rings. The second-order valence-corrected chi connectivity index (χ2v) is 10.6. The highest BCUT2D eigenvalue weighted by molar-refractivity contribution is 6.05. The van der Waals surface area contributed by atoms with E-state index in [0.29, 0.717) is 24.2 Å². The van der Waals surface area contributed by atoms with E-state index in [-0.39, 0.29) is 17.2 Å². The molecule has 0 aliphatic rings. The maximum Gasteiger partial charge on any atom is 0.410 e. The van der Waals surface area contributed by atoms with E-state index in [4.69, 9.17) is 4.74 Å². The fourth-order valence-corrected chi connectivity index (χ4v) is 3.33. The second kappa shape index (κ2) is 11.2. The van der Waals surface area contributed by atoms with Crippen LogP contribution in [-0.2, 0) is 16.1 Å². The molecule has 0 aromatic heterocycles. The van der Waals surface area contributed by atoms with Crippen LogP contribution in [0.4, 0.5) is 10.5 Å². The van der Waals surface area contributed by atoms with Crippen LogP contribution in [0.3, 0.4) is 0 Å². The van der Waals surface area contributed by atoms with Crippen molar-refractivity contribution < 1.29 is 19.1 Å². The van der Waals surface area contributed by atoms with Gasteiger partial charge in [-0.05, 0) is 50.3 Å². The van der Waals surface area contributed by atoms with Crippen LogP contribution in [0.5, 0.6) is 0 Å². The SMILES string of the molecule is CN(C(=O)OC(C)(C)C)C(CC(C)(C)C)C(=O)Nc1ccccc1C(=O)NCc1ccccc1. The lowest BCUT2D eigenvalue weighted by Gasteiger charge is -2.33. The molecule has 2 aromatic carbocycles. The Hall–Kier alpha value is -3.35. The molecule has 2 rings (SSSR count). The topological polar surface area (TPSA) is 87.7 Å². The predicted octanol–water partition coefficient (Wildman–Crippen LogP) is 5.23. The minimum atomic E-state index is -0.782. The predicted molar refractivity (Wildman–Crippen MR) is 135 cm³/mol. The number of carbonyl (C=O) groups is 3. The van der Waals surface area contributed by atoms with Crippen LogP contribution in [0.15, 0.2) is 54.6 Å². The number of nitrogens with one attached hydrogen (secondary N) is 2. The quantitative estimate of drug-likeness (QED) is 0.584. The molecule has 0 aliphatic heterocycles. The van der Waals surface area contributed by atoms with Crippen LogP contribution in [0.1, 0.15) is 63.9 Å². The highest BCUT2D eigenvalue weighted by Crippen LogP contribution is 2.26. The van der Waals surface area contributed by atoms with Crippen molar-refractivity contribution in [2.45, 2.75) is 66.2 Å². The number of hydrogen-bond donors (Lipinski definition) is 2. The minimum absolute atomic E-state index is 0.231. The molecule has 7 heteroatoms. The molecule has 3 amide bonds. The van der Waals surface area contributed by atoms with E-state index in [1.807, 2.05) is 51.1 Å². The average Bonchev–Trinajstić information content (AvgIpc) is 2.74. The van der Waals surface area contributed by atoms with Crippen molar-refractivity contribution in [3.8, 4) is 0 Å². The van der Waals surface area contributed by atoms with Crippen LogP contribution >= 0.6 is 0 Å². The van der Waals surface area contributed by atoms with E-state index in [1.54, 1.807) is 52.1 Å². The lowest BCUT2D eigenvalue weighted by molar-refractivity contribution is -0.121. The molecule has 2 aromatic rings. The van der Waals surface area contributed by atoms with E-state index in [9.17, 15) is 14.4 Å². The molecule has 0 heterocycles. The van der Waals surface area contributed by atoms with Gasteiger partial charge in [0.25, 0.3) is 5.91 Å². The number of likely N-dealkylation sites (N-methyl/N-ethyl adjacent to an activating group) is 1. The van der Waals surface area contributed by atoms with E-state index >= 15 is 0 Å². The van der Waals surface area contributed by atoms with Crippen molar-refractivity contribution in [1.82, 2.24) is 10.2 Å². The number of nitrogens with zero attached hydrogens (tertiary/aromatic N) is 1. The summed E-state index contributed by atoms with van der Waals surface area (Å²) in [5.74, 6) is -0.681. The van der Waals surface area contributed by atoms with Crippen LogP contribution in [0.25, 0.3) is 0 Å². The average molecular weight is 468 g/mol. The summed E-state index contributed by atoms with van der Waals surface area (Å²) < 4.78 is 5.47. The van der Waals surface area contributed by atoms with Crippen molar-refractivity contribution in [3.63, 3.8) is 0 Å². The second-order valence-electron chi connectivity index (χ2n) is 10.6. The van der Waals surface area contributed by atoms with Gasteiger partial charge < -0.3 is 15.4 Å². The van der Waals surface area contributed by atoms with Crippen LogP contribution in [0.2, 0.25) is 0 Å². The molecule has 0 radical (unpaired) electrons. The summed E-state index contributed by atoms with van der Waals surface area (Å²) in [5, 5.41) is 5.75. The van der Waals surface area contributed by atoms with Gasteiger partial charge in [0.1, 0.15) is 11.6 Å². The molecule has 34 heavy (non-hydrogen) atoms. The van der Waals surface area contributed by atoms with Gasteiger partial charge in [0.2, 0.25) is 5.91 Å². The largest absolute Gasteiger partial charge is 0.444 e. The van der Waals surface area contributed by atoms with E-state index < -0.39 is 17.7 Å². The standard InChI is InChI=1S/C27H37N3O4/c1-26(2,3)17-22(30(7)25(33)34-27(4,5)6)24(32)29-21-16-12-11-15-20(21)23(31)28-18-19-13-9-8-10-14-19/h8-16,22H,17-18H2,1-7H3,(H,28,31)(H,29,32). The minimum Gasteiger partial charge on any atom is -0.444 e. The molecule has 2 N–H and O–H groups in total. The zero-order chi connectivity index (χ0) is 25.5. The lowest BCUT2D eigenvalue weighted by Crippen LogP contribution is -2.48. The molecule has 0 saturated heterocycles. The summed E-state index contributed by atoms with van der Waals surface area (Å²) in [5.41, 5.74) is 0.792. The first-order valence-electron chi connectivity index (χ1n) is 11.4. The van der Waals surface area contributed by atoms with Crippen molar-refractivity contribution in [2.24, 2.45) is 5.41 Å². The zero-order valence-electron chi connectivity index (χ0n) is 21.3. The van der Waals surface area contributed by atoms with Crippen molar-refractivity contribution in [1.29, 1.82) is 0 Å². The van der Waals surface area contributed by atoms with E-state index in [1.165, 1.54) is 4.90 Å². The van der Waals surface area contributed by atoms with Gasteiger partial charge in [-0.3, -0.25) is 14.5 Å². The number of carbonyl (C=O) groups excluding carboxylic acids is 3. The van der Waals surface area contributed by atoms with Crippen molar-refractivity contribution >= 4 is 23.6 Å². The summed E-state index contributed by atoms with van der Waals surface area (Å²) in [6.45, 7) is 11.7. The van der Waals surface area contributed by atoms with Gasteiger partial charge in [0.15, 0.2) is 0 Å². The van der Waals surface area contributed by atoms with Gasteiger partial charge in [0, 0.05) is 13.6 Å². The number of anilines is 1. The first kappa shape index (κ1) is 26.9. The van der Waals surface area contributed by atoms with Crippen LogP contribution < -0.4 is 10.6 Å². The Morgan fingerprint density at radius 2 is 1.50 bits per heavy atom. The molecule has 0 aliphatic carbocycles. The maximum atomic E-state index is 13.4. The van der Waals surface area contributed by atoms with Gasteiger partial charge in [-0.1, -0.05) is 63.2 Å². The van der Waals surface area contributed by atoms with E-state index in [0.717, 1.165) is 5.56 Å². The smallest absolute Gasteiger partial charge is 0.410 e. The fourth-order valence-electron chi connectivity index (χ4n) is 3.33. The van der Waals surface area contributed by atoms with Gasteiger partial charge >= 0.3 is 6.09 Å². The van der Waals surface area contributed by atoms with Gasteiger partial charge in [0.05, 0.1) is 11.3 Å². The summed E-state index contributed by atoms with van der Waals surface area (Å²) in [7, 11) is 1.56. The Morgan fingerprint density at radius 3 is 2.09 bits per heavy atom. The molecule has 0 spiro atoms. The summed E-state index contributed by atoms with van der Waals surface area (Å²) in [4.78, 5) is 40.3. The van der Waals surface area contributed by atoms with Gasteiger partial charge in [-0.15, -0.1) is 0 Å². The van der Waals surface area contributed by atoms with Crippen molar-refractivity contribution in [2.75, 3.05) is 12.4 Å². The summed E-state index contributed by atoms with van der Waals surface area (Å²) in [6.07, 6.45) is -0.164. The van der Waals surface area contributed by atoms with Crippen molar-refractivity contribution in [3.05, 3.63) is 65.7 Å². The molecule has 1 atom stereocenters. The molecule has 0 bridgehead atoms. The number of rotatable bonds is 7. The molecule has 0 saturated carbocycles.